The van der Waals surface area contributed by atoms with Gasteiger partial charge in [-0.3, -0.25) is 4.79 Å². The molecule has 142 valence electrons. The molecule has 1 heterocycles. The van der Waals surface area contributed by atoms with Crippen LogP contribution in [0, 0.1) is 6.92 Å². The predicted molar refractivity (Wildman–Crippen MR) is 103 cm³/mol. The zero-order valence-electron chi connectivity index (χ0n) is 15.2. The fraction of sp³-hybridized carbons (Fsp3) is 0.333. The first-order valence-electron chi connectivity index (χ1n) is 8.97. The number of amides is 1. The maximum absolute atomic E-state index is 12.8. The average molecular weight is 388 g/mol. The molecule has 2 aromatic carbocycles. The van der Waals surface area contributed by atoms with Crippen LogP contribution in [0.5, 0.6) is 5.75 Å². The van der Waals surface area contributed by atoms with Crippen molar-refractivity contribution in [3.8, 4) is 5.75 Å². The largest absolute Gasteiger partial charge is 0.482 e. The van der Waals surface area contributed by atoms with Crippen LogP contribution >= 0.6 is 11.6 Å². The van der Waals surface area contributed by atoms with Crippen LogP contribution in [0.25, 0.3) is 0 Å². The van der Waals surface area contributed by atoms with Gasteiger partial charge in [-0.1, -0.05) is 41.9 Å². The van der Waals surface area contributed by atoms with E-state index in [1.165, 1.54) is 0 Å². The second kappa shape index (κ2) is 8.91. The fourth-order valence-corrected chi connectivity index (χ4v) is 3.30. The SMILES string of the molecule is Cc1cc(Cl)ccc1OCC(=O)O[C@H](C(=O)N1CCCC1)c1ccccc1. The van der Waals surface area contributed by atoms with Gasteiger partial charge in [0.05, 0.1) is 0 Å². The van der Waals surface area contributed by atoms with E-state index >= 15 is 0 Å². The highest BCUT2D eigenvalue weighted by Crippen LogP contribution is 2.24. The third kappa shape index (κ3) is 5.01. The zero-order valence-corrected chi connectivity index (χ0v) is 15.9. The Morgan fingerprint density at radius 3 is 2.48 bits per heavy atom. The first-order valence-corrected chi connectivity index (χ1v) is 9.34. The molecule has 1 atom stereocenters. The van der Waals surface area contributed by atoms with Crippen molar-refractivity contribution in [3.05, 3.63) is 64.7 Å². The smallest absolute Gasteiger partial charge is 0.345 e. The van der Waals surface area contributed by atoms with Crippen molar-refractivity contribution in [3.63, 3.8) is 0 Å². The minimum Gasteiger partial charge on any atom is -0.482 e. The normalized spacial score (nSPS) is 14.7. The zero-order chi connectivity index (χ0) is 19.2. The van der Waals surface area contributed by atoms with E-state index in [0.717, 1.165) is 18.4 Å². The monoisotopic (exact) mass is 387 g/mol. The van der Waals surface area contributed by atoms with Crippen LogP contribution in [0.2, 0.25) is 5.02 Å². The van der Waals surface area contributed by atoms with Crippen molar-refractivity contribution in [1.82, 2.24) is 4.90 Å². The number of benzene rings is 2. The highest BCUT2D eigenvalue weighted by molar-refractivity contribution is 6.30. The lowest BCUT2D eigenvalue weighted by Gasteiger charge is -2.23. The molecule has 0 unspecified atom stereocenters. The number of rotatable bonds is 6. The molecule has 6 heteroatoms. The van der Waals surface area contributed by atoms with E-state index in [1.807, 2.05) is 25.1 Å². The molecule has 0 saturated carbocycles. The lowest BCUT2D eigenvalue weighted by atomic mass is 10.1. The molecule has 2 aromatic rings. The molecule has 0 N–H and O–H groups in total. The minimum absolute atomic E-state index is 0.185. The van der Waals surface area contributed by atoms with Crippen LogP contribution in [0.15, 0.2) is 48.5 Å². The number of aryl methyl sites for hydroxylation is 1. The molecule has 1 aliphatic heterocycles. The second-order valence-electron chi connectivity index (χ2n) is 6.51. The number of likely N-dealkylation sites (tertiary alicyclic amines) is 1. The fourth-order valence-electron chi connectivity index (χ4n) is 3.07. The summed E-state index contributed by atoms with van der Waals surface area (Å²) in [6.07, 6.45) is 0.993. The van der Waals surface area contributed by atoms with E-state index in [2.05, 4.69) is 0 Å². The quantitative estimate of drug-likeness (QED) is 0.704. The van der Waals surface area contributed by atoms with Gasteiger partial charge >= 0.3 is 5.97 Å². The van der Waals surface area contributed by atoms with Crippen LogP contribution in [0.4, 0.5) is 0 Å². The third-order valence-corrected chi connectivity index (χ3v) is 4.71. The summed E-state index contributed by atoms with van der Waals surface area (Å²) in [4.78, 5) is 26.9. The van der Waals surface area contributed by atoms with E-state index in [-0.39, 0.29) is 12.5 Å². The number of hydrogen-bond acceptors (Lipinski definition) is 4. The van der Waals surface area contributed by atoms with Crippen molar-refractivity contribution < 1.29 is 19.1 Å². The molecule has 0 aromatic heterocycles. The molecule has 0 radical (unpaired) electrons. The summed E-state index contributed by atoms with van der Waals surface area (Å²) in [7, 11) is 0. The van der Waals surface area contributed by atoms with Crippen molar-refractivity contribution in [2.75, 3.05) is 19.7 Å². The van der Waals surface area contributed by atoms with Gasteiger partial charge in [0, 0.05) is 23.7 Å². The second-order valence-corrected chi connectivity index (χ2v) is 6.95. The van der Waals surface area contributed by atoms with E-state index in [0.29, 0.717) is 29.4 Å². The van der Waals surface area contributed by atoms with E-state index in [1.54, 1.807) is 35.2 Å². The Morgan fingerprint density at radius 1 is 1.11 bits per heavy atom. The average Bonchev–Trinajstić information content (AvgIpc) is 3.20. The number of ether oxygens (including phenoxy) is 2. The Kier molecular flexibility index (Phi) is 6.35. The Hall–Kier alpha value is -2.53. The van der Waals surface area contributed by atoms with Gasteiger partial charge in [0.25, 0.3) is 5.91 Å². The minimum atomic E-state index is -0.952. The third-order valence-electron chi connectivity index (χ3n) is 4.48. The first-order chi connectivity index (χ1) is 13.0. The van der Waals surface area contributed by atoms with Gasteiger partial charge in [-0.05, 0) is 43.5 Å². The van der Waals surface area contributed by atoms with Crippen LogP contribution in [-0.4, -0.2) is 36.5 Å². The lowest BCUT2D eigenvalue weighted by Crippen LogP contribution is -2.35. The van der Waals surface area contributed by atoms with E-state index in [9.17, 15) is 9.59 Å². The maximum atomic E-state index is 12.8. The molecule has 5 nitrogen and oxygen atoms in total. The predicted octanol–water partition coefficient (Wildman–Crippen LogP) is 3.93. The van der Waals surface area contributed by atoms with Crippen molar-refractivity contribution in [1.29, 1.82) is 0 Å². The summed E-state index contributed by atoms with van der Waals surface area (Å²) >= 11 is 5.92. The highest BCUT2D eigenvalue weighted by Gasteiger charge is 2.31. The molecule has 27 heavy (non-hydrogen) atoms. The van der Waals surface area contributed by atoms with Crippen LogP contribution in [0.3, 0.4) is 0 Å². The summed E-state index contributed by atoms with van der Waals surface area (Å²) in [6.45, 7) is 2.95. The number of esters is 1. The Morgan fingerprint density at radius 2 is 1.81 bits per heavy atom. The molecule has 1 amide bonds. The number of halogens is 1. The van der Waals surface area contributed by atoms with Gasteiger partial charge in [-0.25, -0.2) is 4.79 Å². The first kappa shape index (κ1) is 19.2. The van der Waals surface area contributed by atoms with Gasteiger partial charge in [0.15, 0.2) is 6.61 Å². The van der Waals surface area contributed by atoms with Gasteiger partial charge in [0.2, 0.25) is 6.10 Å². The molecule has 1 saturated heterocycles. The molecular weight excluding hydrogens is 366 g/mol. The molecule has 0 bridgehead atoms. The summed E-state index contributed by atoms with van der Waals surface area (Å²) in [5.74, 6) is -0.223. The molecule has 3 rings (SSSR count). The Labute approximate surface area is 163 Å². The van der Waals surface area contributed by atoms with Gasteiger partial charge in [-0.2, -0.15) is 0 Å². The maximum Gasteiger partial charge on any atom is 0.345 e. The summed E-state index contributed by atoms with van der Waals surface area (Å²) in [6, 6.07) is 14.2. The molecule has 0 spiro atoms. The topological polar surface area (TPSA) is 55.8 Å². The number of nitrogens with zero attached hydrogens (tertiary/aromatic N) is 1. The Bertz CT molecular complexity index is 803. The number of hydrogen-bond donors (Lipinski definition) is 0. The van der Waals surface area contributed by atoms with Crippen molar-refractivity contribution >= 4 is 23.5 Å². The van der Waals surface area contributed by atoms with Crippen LogP contribution < -0.4 is 4.74 Å². The van der Waals surface area contributed by atoms with Gasteiger partial charge in [-0.15, -0.1) is 0 Å². The van der Waals surface area contributed by atoms with E-state index in [4.69, 9.17) is 21.1 Å². The lowest BCUT2D eigenvalue weighted by molar-refractivity contribution is -0.162. The summed E-state index contributed by atoms with van der Waals surface area (Å²) in [5, 5.41) is 0.600. The number of carbonyl (C=O) groups excluding carboxylic acids is 2. The molecular formula is C21H22ClNO4. The summed E-state index contributed by atoms with van der Waals surface area (Å²) in [5.41, 5.74) is 1.48. The Balaban J connectivity index is 1.67. The molecule has 0 aliphatic carbocycles. The van der Waals surface area contributed by atoms with Crippen molar-refractivity contribution in [2.45, 2.75) is 25.9 Å². The van der Waals surface area contributed by atoms with Gasteiger partial charge < -0.3 is 14.4 Å². The molecule has 1 fully saturated rings. The molecule has 1 aliphatic rings. The van der Waals surface area contributed by atoms with Crippen molar-refractivity contribution in [2.24, 2.45) is 0 Å². The van der Waals surface area contributed by atoms with E-state index < -0.39 is 12.1 Å². The van der Waals surface area contributed by atoms with Crippen LogP contribution in [-0.2, 0) is 14.3 Å². The summed E-state index contributed by atoms with van der Waals surface area (Å²) < 4.78 is 11.1. The standard InChI is InChI=1S/C21H22ClNO4/c1-15-13-17(22)9-10-18(15)26-14-19(24)27-20(16-7-3-2-4-8-16)21(25)23-11-5-6-12-23/h2-4,7-10,13,20H,5-6,11-12,14H2,1H3/t20-/m0/s1. The van der Waals surface area contributed by atoms with Gasteiger partial charge in [0.1, 0.15) is 5.75 Å². The number of carbonyl (C=O) groups is 2. The highest BCUT2D eigenvalue weighted by atomic mass is 35.5. The van der Waals surface area contributed by atoms with Crippen LogP contribution in [0.1, 0.15) is 30.1 Å².